The van der Waals surface area contributed by atoms with E-state index in [1.54, 1.807) is 20.2 Å². The average molecular weight is 356 g/mol. The molecule has 0 saturated carbocycles. The summed E-state index contributed by atoms with van der Waals surface area (Å²) in [4.78, 5) is 13.4. The van der Waals surface area contributed by atoms with Crippen LogP contribution < -0.4 is 9.47 Å². The number of hydrogen-bond donors (Lipinski definition) is 0. The van der Waals surface area contributed by atoms with Gasteiger partial charge in [-0.3, -0.25) is 4.79 Å². The van der Waals surface area contributed by atoms with Crippen LogP contribution in [0.3, 0.4) is 0 Å². The second-order valence-corrected chi connectivity index (χ2v) is 7.72. The lowest BCUT2D eigenvalue weighted by molar-refractivity contribution is -0.128. The first-order chi connectivity index (χ1) is 11.4. The van der Waals surface area contributed by atoms with Crippen molar-refractivity contribution in [3.63, 3.8) is 0 Å². The van der Waals surface area contributed by atoms with Crippen molar-refractivity contribution in [1.29, 1.82) is 0 Å². The van der Waals surface area contributed by atoms with E-state index in [0.717, 1.165) is 6.42 Å². The Labute approximate surface area is 143 Å². The molecule has 7 nitrogen and oxygen atoms in total. The first-order valence-electron chi connectivity index (χ1n) is 7.96. The fourth-order valence-corrected chi connectivity index (χ4v) is 3.78. The number of sulfonamides is 1. The highest BCUT2D eigenvalue weighted by Gasteiger charge is 2.28. The summed E-state index contributed by atoms with van der Waals surface area (Å²) >= 11 is 0. The third-order valence-electron chi connectivity index (χ3n) is 3.64. The fourth-order valence-electron chi connectivity index (χ4n) is 2.28. The fraction of sp³-hybridized carbons (Fsp3) is 0.562. The molecule has 0 unspecified atom stereocenters. The van der Waals surface area contributed by atoms with E-state index in [1.807, 2.05) is 6.92 Å². The largest absolute Gasteiger partial charge is 0.490 e. The van der Waals surface area contributed by atoms with Gasteiger partial charge in [-0.2, -0.15) is 4.31 Å². The second-order valence-electron chi connectivity index (χ2n) is 5.79. The number of hydrogen-bond acceptors (Lipinski definition) is 5. The first-order valence-corrected chi connectivity index (χ1v) is 9.40. The summed E-state index contributed by atoms with van der Waals surface area (Å²) in [5, 5.41) is 0. The minimum absolute atomic E-state index is 0.103. The lowest BCUT2D eigenvalue weighted by Crippen LogP contribution is -2.40. The number of fused-ring (bicyclic) bond motifs is 1. The van der Waals surface area contributed by atoms with E-state index in [0.29, 0.717) is 31.1 Å². The molecule has 0 fully saturated rings. The molecule has 0 aromatic heterocycles. The second kappa shape index (κ2) is 7.85. The molecule has 134 valence electrons. The van der Waals surface area contributed by atoms with Crippen molar-refractivity contribution in [2.45, 2.75) is 24.7 Å². The highest BCUT2D eigenvalue weighted by Crippen LogP contribution is 2.32. The topological polar surface area (TPSA) is 76.2 Å². The summed E-state index contributed by atoms with van der Waals surface area (Å²) in [6, 6.07) is 4.57. The number of ether oxygens (including phenoxy) is 2. The highest BCUT2D eigenvalue weighted by molar-refractivity contribution is 7.89. The minimum Gasteiger partial charge on any atom is -0.490 e. The van der Waals surface area contributed by atoms with Crippen LogP contribution in [0, 0.1) is 0 Å². The van der Waals surface area contributed by atoms with Crippen LogP contribution in [0.2, 0.25) is 0 Å². The molecular weight excluding hydrogens is 332 g/mol. The molecule has 24 heavy (non-hydrogen) atoms. The summed E-state index contributed by atoms with van der Waals surface area (Å²) in [6.07, 6.45) is 1.36. The van der Waals surface area contributed by atoms with Crippen molar-refractivity contribution >= 4 is 15.9 Å². The molecule has 0 spiro atoms. The van der Waals surface area contributed by atoms with Gasteiger partial charge in [-0.1, -0.05) is 6.92 Å². The van der Waals surface area contributed by atoms with Crippen molar-refractivity contribution < 1.29 is 22.7 Å². The van der Waals surface area contributed by atoms with E-state index >= 15 is 0 Å². The third-order valence-corrected chi connectivity index (χ3v) is 5.48. The number of likely N-dealkylation sites (N-methyl/N-ethyl adjacent to an activating group) is 1. The predicted octanol–water partition coefficient (Wildman–Crippen LogP) is 1.34. The van der Waals surface area contributed by atoms with Crippen molar-refractivity contribution in [3.05, 3.63) is 18.2 Å². The third kappa shape index (κ3) is 4.18. The van der Waals surface area contributed by atoms with Gasteiger partial charge < -0.3 is 14.4 Å². The van der Waals surface area contributed by atoms with E-state index in [1.165, 1.54) is 21.3 Å². The number of rotatable bonds is 6. The van der Waals surface area contributed by atoms with Crippen molar-refractivity contribution in [3.8, 4) is 11.5 Å². The molecule has 8 heteroatoms. The number of amides is 1. The first kappa shape index (κ1) is 18.5. The van der Waals surface area contributed by atoms with Crippen molar-refractivity contribution in [1.82, 2.24) is 9.21 Å². The molecule has 1 aliphatic rings. The molecule has 1 amide bonds. The maximum absolute atomic E-state index is 12.9. The van der Waals surface area contributed by atoms with Gasteiger partial charge in [-0.15, -0.1) is 0 Å². The van der Waals surface area contributed by atoms with Gasteiger partial charge in [0.25, 0.3) is 0 Å². The Hall–Kier alpha value is -1.80. The van der Waals surface area contributed by atoms with E-state index in [-0.39, 0.29) is 23.9 Å². The summed E-state index contributed by atoms with van der Waals surface area (Å²) in [7, 11) is -0.579. The smallest absolute Gasteiger partial charge is 0.243 e. The zero-order chi connectivity index (χ0) is 17.7. The predicted molar refractivity (Wildman–Crippen MR) is 89.8 cm³/mol. The van der Waals surface area contributed by atoms with Crippen LogP contribution in [0.1, 0.15) is 19.8 Å². The quantitative estimate of drug-likeness (QED) is 0.769. The average Bonchev–Trinajstić information content (AvgIpc) is 2.78. The molecule has 2 rings (SSSR count). The molecule has 0 radical (unpaired) electrons. The molecule has 0 atom stereocenters. The van der Waals surface area contributed by atoms with Crippen LogP contribution in [-0.2, 0) is 14.8 Å². The molecule has 0 aliphatic carbocycles. The molecule has 0 bridgehead atoms. The van der Waals surface area contributed by atoms with E-state index in [9.17, 15) is 13.2 Å². The van der Waals surface area contributed by atoms with Gasteiger partial charge in [0.05, 0.1) is 24.7 Å². The molecule has 0 saturated heterocycles. The van der Waals surface area contributed by atoms with Gasteiger partial charge in [0.1, 0.15) is 0 Å². The van der Waals surface area contributed by atoms with Crippen LogP contribution in [0.15, 0.2) is 23.1 Å². The van der Waals surface area contributed by atoms with Crippen LogP contribution in [0.25, 0.3) is 0 Å². The Morgan fingerprint density at radius 1 is 1.17 bits per heavy atom. The lowest BCUT2D eigenvalue weighted by Gasteiger charge is -2.23. The van der Waals surface area contributed by atoms with E-state index in [4.69, 9.17) is 9.47 Å². The Morgan fingerprint density at radius 2 is 1.83 bits per heavy atom. The Kier molecular flexibility index (Phi) is 6.06. The van der Waals surface area contributed by atoms with Crippen molar-refractivity contribution in [2.75, 3.05) is 40.4 Å². The zero-order valence-corrected chi connectivity index (χ0v) is 15.1. The monoisotopic (exact) mass is 356 g/mol. The number of nitrogens with zero attached hydrogens (tertiary/aromatic N) is 2. The standard InChI is InChI=1S/C16H24N2O5S/c1-4-8-18(12-16(19)17(2)3)24(20,21)13-6-7-14-15(11-13)23-10-5-9-22-14/h6-7,11H,4-5,8-10,12H2,1-3H3. The molecule has 1 heterocycles. The Balaban J connectivity index is 2.32. The van der Waals surface area contributed by atoms with Gasteiger partial charge in [-0.25, -0.2) is 8.42 Å². The van der Waals surface area contributed by atoms with Gasteiger partial charge in [0.2, 0.25) is 15.9 Å². The van der Waals surface area contributed by atoms with Gasteiger partial charge >= 0.3 is 0 Å². The SMILES string of the molecule is CCCN(CC(=O)N(C)C)S(=O)(=O)c1ccc2c(c1)OCCCO2. The summed E-state index contributed by atoms with van der Waals surface area (Å²) in [5.41, 5.74) is 0. The van der Waals surface area contributed by atoms with Gasteiger partial charge in [0.15, 0.2) is 11.5 Å². The number of carbonyl (C=O) groups is 1. The summed E-state index contributed by atoms with van der Waals surface area (Å²) in [6.45, 7) is 2.98. The molecule has 1 aromatic carbocycles. The maximum atomic E-state index is 12.9. The number of benzene rings is 1. The lowest BCUT2D eigenvalue weighted by atomic mass is 10.3. The summed E-state index contributed by atoms with van der Waals surface area (Å²) < 4.78 is 38.1. The molecule has 1 aliphatic heterocycles. The van der Waals surface area contributed by atoms with Gasteiger partial charge in [-0.05, 0) is 18.6 Å². The van der Waals surface area contributed by atoms with E-state index in [2.05, 4.69) is 0 Å². The van der Waals surface area contributed by atoms with Crippen LogP contribution >= 0.6 is 0 Å². The number of carbonyl (C=O) groups excluding carboxylic acids is 1. The maximum Gasteiger partial charge on any atom is 0.243 e. The van der Waals surface area contributed by atoms with Gasteiger partial charge in [0, 0.05) is 33.1 Å². The highest BCUT2D eigenvalue weighted by atomic mass is 32.2. The van der Waals surface area contributed by atoms with E-state index < -0.39 is 10.0 Å². The molecular formula is C16H24N2O5S. The molecule has 1 aromatic rings. The van der Waals surface area contributed by atoms with Crippen molar-refractivity contribution in [2.24, 2.45) is 0 Å². The zero-order valence-electron chi connectivity index (χ0n) is 14.3. The minimum atomic E-state index is -3.79. The Morgan fingerprint density at radius 3 is 2.46 bits per heavy atom. The van der Waals surface area contributed by atoms with Crippen LogP contribution in [0.5, 0.6) is 11.5 Å². The van der Waals surface area contributed by atoms with Crippen LogP contribution in [0.4, 0.5) is 0 Å². The molecule has 0 N–H and O–H groups in total. The van der Waals surface area contributed by atoms with Crippen LogP contribution in [-0.4, -0.2) is 63.9 Å². The normalized spacial score (nSPS) is 14.3. The summed E-state index contributed by atoms with van der Waals surface area (Å²) in [5.74, 6) is 0.697. The Bertz CT molecular complexity index is 688.